The van der Waals surface area contributed by atoms with Gasteiger partial charge in [-0.05, 0) is 18.2 Å². The number of aliphatic hydroxyl groups is 2. The Labute approximate surface area is 179 Å². The third-order valence-electron chi connectivity index (χ3n) is 4.60. The summed E-state index contributed by atoms with van der Waals surface area (Å²) in [4.78, 5) is 18.1. The highest BCUT2D eigenvalue weighted by atomic mass is 79.9. The Hall–Kier alpha value is -2.99. The number of carbonyl (C=O) groups excluding carboxylic acids is 1. The summed E-state index contributed by atoms with van der Waals surface area (Å²) in [5, 5.41) is 32.7. The van der Waals surface area contributed by atoms with Gasteiger partial charge in [0.1, 0.15) is 22.4 Å². The van der Waals surface area contributed by atoms with Crippen molar-refractivity contribution < 1.29 is 15.0 Å². The predicted octanol–water partition coefficient (Wildman–Crippen LogP) is 4.51. The molecule has 2 heterocycles. The molecule has 6 nitrogen and oxygen atoms in total. The zero-order valence-electron chi connectivity index (χ0n) is 14.9. The largest absolute Gasteiger partial charge is 0.509 e. The molecule has 1 aliphatic rings. The lowest BCUT2D eigenvalue weighted by atomic mass is 10.1. The smallest absolute Gasteiger partial charge is 0.257 e. The zero-order chi connectivity index (χ0) is 20.5. The SMILES string of the molecule is N#C/C(=C(\O)CN1C(=O)c2ccccc2C1O)c1nc(-c2ccc(Br)cc2)cs1. The highest BCUT2D eigenvalue weighted by Gasteiger charge is 2.36. The average Bonchev–Trinajstić information content (AvgIpc) is 3.29. The van der Waals surface area contributed by atoms with Gasteiger partial charge in [-0.3, -0.25) is 4.79 Å². The van der Waals surface area contributed by atoms with Gasteiger partial charge in [0.2, 0.25) is 0 Å². The number of hydrogen-bond donors (Lipinski definition) is 2. The van der Waals surface area contributed by atoms with E-state index >= 15 is 0 Å². The van der Waals surface area contributed by atoms with E-state index in [4.69, 9.17) is 0 Å². The number of nitriles is 1. The number of aromatic nitrogens is 1. The number of benzene rings is 2. The van der Waals surface area contributed by atoms with Crippen molar-refractivity contribution in [2.24, 2.45) is 0 Å². The van der Waals surface area contributed by atoms with Gasteiger partial charge < -0.3 is 15.1 Å². The summed E-state index contributed by atoms with van der Waals surface area (Å²) in [6.07, 6.45) is -1.17. The van der Waals surface area contributed by atoms with Gasteiger partial charge in [0, 0.05) is 26.5 Å². The molecule has 1 aromatic heterocycles. The molecular weight excluding hydrogens is 454 g/mol. The normalized spacial score (nSPS) is 16.4. The van der Waals surface area contributed by atoms with Gasteiger partial charge in [-0.25, -0.2) is 4.98 Å². The van der Waals surface area contributed by atoms with Crippen molar-refractivity contribution in [3.8, 4) is 17.3 Å². The van der Waals surface area contributed by atoms with E-state index in [2.05, 4.69) is 20.9 Å². The van der Waals surface area contributed by atoms with Crippen molar-refractivity contribution in [1.82, 2.24) is 9.88 Å². The number of fused-ring (bicyclic) bond motifs is 1. The van der Waals surface area contributed by atoms with Gasteiger partial charge in [0.05, 0.1) is 12.2 Å². The molecule has 0 bridgehead atoms. The second-order valence-corrected chi connectivity index (χ2v) is 8.15. The minimum atomic E-state index is -1.17. The maximum atomic E-state index is 12.5. The van der Waals surface area contributed by atoms with E-state index in [1.807, 2.05) is 30.3 Å². The van der Waals surface area contributed by atoms with Crippen LogP contribution in [0, 0.1) is 11.3 Å². The second kappa shape index (κ2) is 7.79. The molecule has 2 N–H and O–H groups in total. The molecule has 0 saturated carbocycles. The van der Waals surface area contributed by atoms with Crippen LogP contribution in [0.25, 0.3) is 16.8 Å². The first kappa shape index (κ1) is 19.3. The molecule has 1 aliphatic heterocycles. The Morgan fingerprint density at radius 1 is 1.24 bits per heavy atom. The van der Waals surface area contributed by atoms with Gasteiger partial charge in [-0.15, -0.1) is 11.3 Å². The Morgan fingerprint density at radius 3 is 2.66 bits per heavy atom. The third-order valence-corrected chi connectivity index (χ3v) is 5.99. The number of rotatable bonds is 4. The van der Waals surface area contributed by atoms with Gasteiger partial charge in [0.15, 0.2) is 6.23 Å². The van der Waals surface area contributed by atoms with E-state index in [0.717, 1.165) is 14.9 Å². The van der Waals surface area contributed by atoms with Gasteiger partial charge >= 0.3 is 0 Å². The van der Waals surface area contributed by atoms with E-state index in [-0.39, 0.29) is 17.9 Å². The average molecular weight is 468 g/mol. The summed E-state index contributed by atoms with van der Waals surface area (Å²) < 4.78 is 0.946. The fraction of sp³-hybridized carbons (Fsp3) is 0.0952. The Morgan fingerprint density at radius 2 is 1.97 bits per heavy atom. The number of carbonyl (C=O) groups is 1. The first-order chi connectivity index (χ1) is 14.0. The zero-order valence-corrected chi connectivity index (χ0v) is 17.3. The number of nitrogens with zero attached hydrogens (tertiary/aromatic N) is 3. The number of halogens is 1. The van der Waals surface area contributed by atoms with E-state index in [1.165, 1.54) is 11.3 Å². The lowest BCUT2D eigenvalue weighted by Gasteiger charge is -2.20. The molecule has 144 valence electrons. The molecule has 0 radical (unpaired) electrons. The molecule has 8 heteroatoms. The number of allylic oxidation sites excluding steroid dienone is 1. The summed E-state index contributed by atoms with van der Waals surface area (Å²) in [6.45, 7) is -0.287. The number of amides is 1. The van der Waals surface area contributed by atoms with Gasteiger partial charge in [0.25, 0.3) is 5.91 Å². The molecule has 0 aliphatic carbocycles. The van der Waals surface area contributed by atoms with Crippen LogP contribution in [0.2, 0.25) is 0 Å². The van der Waals surface area contributed by atoms with Crippen LogP contribution in [0.15, 0.2) is 64.1 Å². The first-order valence-corrected chi connectivity index (χ1v) is 10.3. The number of aliphatic hydroxyl groups excluding tert-OH is 2. The minimum absolute atomic E-state index is 0.0192. The molecule has 0 spiro atoms. The molecule has 29 heavy (non-hydrogen) atoms. The molecule has 0 fully saturated rings. The quantitative estimate of drug-likeness (QED) is 0.434. The number of hydrogen-bond acceptors (Lipinski definition) is 6. The Kier molecular flexibility index (Phi) is 5.20. The molecule has 1 atom stereocenters. The predicted molar refractivity (Wildman–Crippen MR) is 113 cm³/mol. The molecule has 1 amide bonds. The second-order valence-electron chi connectivity index (χ2n) is 6.37. The van der Waals surface area contributed by atoms with E-state index in [1.54, 1.807) is 29.6 Å². The van der Waals surface area contributed by atoms with Crippen LogP contribution < -0.4 is 0 Å². The minimum Gasteiger partial charge on any atom is -0.509 e. The maximum absolute atomic E-state index is 12.5. The van der Waals surface area contributed by atoms with Crippen molar-refractivity contribution >= 4 is 38.7 Å². The van der Waals surface area contributed by atoms with Crippen LogP contribution >= 0.6 is 27.3 Å². The number of thiazole rings is 1. The molecular formula is C21H14BrN3O3S. The third kappa shape index (κ3) is 3.56. The fourth-order valence-electron chi connectivity index (χ4n) is 3.13. The van der Waals surface area contributed by atoms with Crippen LogP contribution in [-0.4, -0.2) is 32.5 Å². The van der Waals surface area contributed by atoms with E-state index in [0.29, 0.717) is 21.8 Å². The molecule has 0 saturated heterocycles. The highest BCUT2D eigenvalue weighted by molar-refractivity contribution is 9.10. The van der Waals surface area contributed by atoms with Crippen LogP contribution in [0.4, 0.5) is 0 Å². The van der Waals surface area contributed by atoms with Crippen molar-refractivity contribution in [3.05, 3.63) is 80.3 Å². The fourth-order valence-corrected chi connectivity index (χ4v) is 4.24. The highest BCUT2D eigenvalue weighted by Crippen LogP contribution is 2.33. The van der Waals surface area contributed by atoms with Crippen molar-refractivity contribution in [2.75, 3.05) is 6.54 Å². The van der Waals surface area contributed by atoms with E-state index in [9.17, 15) is 20.3 Å². The summed E-state index contributed by atoms with van der Waals surface area (Å²) in [7, 11) is 0. The van der Waals surface area contributed by atoms with Crippen molar-refractivity contribution in [2.45, 2.75) is 6.23 Å². The standard InChI is InChI=1S/C21H14BrN3O3S/c22-13-7-5-12(6-8-13)17-11-29-19(24-17)16(9-23)18(26)10-25-20(27)14-3-1-2-4-15(14)21(25)28/h1-8,11,20,26-27H,10H2/b18-16+. The van der Waals surface area contributed by atoms with Gasteiger partial charge in [-0.1, -0.05) is 46.3 Å². The molecule has 4 rings (SSSR count). The lowest BCUT2D eigenvalue weighted by Crippen LogP contribution is -2.30. The molecule has 2 aromatic carbocycles. The summed E-state index contributed by atoms with van der Waals surface area (Å²) >= 11 is 4.61. The Balaban J connectivity index is 1.61. The van der Waals surface area contributed by atoms with Crippen molar-refractivity contribution in [3.63, 3.8) is 0 Å². The molecule has 1 unspecified atom stereocenters. The topological polar surface area (TPSA) is 97.5 Å². The van der Waals surface area contributed by atoms with E-state index < -0.39 is 12.1 Å². The monoisotopic (exact) mass is 467 g/mol. The summed E-state index contributed by atoms with van der Waals surface area (Å²) in [6, 6.07) is 16.3. The van der Waals surface area contributed by atoms with Crippen LogP contribution in [0.1, 0.15) is 27.2 Å². The van der Waals surface area contributed by atoms with Crippen LogP contribution in [0.5, 0.6) is 0 Å². The van der Waals surface area contributed by atoms with Crippen LogP contribution in [-0.2, 0) is 0 Å². The summed E-state index contributed by atoms with van der Waals surface area (Å²) in [5.41, 5.74) is 2.42. The first-order valence-electron chi connectivity index (χ1n) is 8.61. The van der Waals surface area contributed by atoms with Crippen molar-refractivity contribution in [1.29, 1.82) is 5.26 Å². The molecule has 3 aromatic rings. The lowest BCUT2D eigenvalue weighted by molar-refractivity contribution is 0.0179. The van der Waals surface area contributed by atoms with Gasteiger partial charge in [-0.2, -0.15) is 5.26 Å². The van der Waals surface area contributed by atoms with Crippen LogP contribution in [0.3, 0.4) is 0 Å². The Bertz CT molecular complexity index is 1160. The summed E-state index contributed by atoms with van der Waals surface area (Å²) in [5.74, 6) is -0.712. The maximum Gasteiger partial charge on any atom is 0.257 e.